The minimum Gasteiger partial charge on any atom is -1.00 e. The van der Waals surface area contributed by atoms with E-state index in [0.717, 1.165) is 77.6 Å². The monoisotopic (exact) mass is 1660 g/mol. The summed E-state index contributed by atoms with van der Waals surface area (Å²) in [7, 11) is 13.1. The van der Waals surface area contributed by atoms with Crippen LogP contribution < -0.4 is 114 Å². The number of benzene rings is 8. The molecule has 2 aliphatic carbocycles. The zero-order valence-corrected chi connectivity index (χ0v) is 74.6. The van der Waals surface area contributed by atoms with E-state index in [-0.39, 0.29) is 129 Å². The number of likely N-dealkylation sites (N-methyl/N-ethyl adjacent to an activating group) is 1. The summed E-state index contributed by atoms with van der Waals surface area (Å²) >= 11 is 0. The molecule has 0 aromatic heterocycles. The van der Waals surface area contributed by atoms with E-state index in [1.54, 1.807) is 97.7 Å². The molecule has 2 amide bonds. The Hall–Kier alpha value is -10.7. The van der Waals surface area contributed by atoms with E-state index in [1.807, 2.05) is 142 Å². The third-order valence-electron chi connectivity index (χ3n) is 18.8. The molecular weight excluding hydrogens is 1550 g/mol. The molecule has 2 aliphatic rings. The van der Waals surface area contributed by atoms with Crippen molar-refractivity contribution in [3.8, 4) is 56.8 Å². The summed E-state index contributed by atoms with van der Waals surface area (Å²) in [5.74, 6) is -0.116. The molecule has 0 radical (unpaired) electrons. The van der Waals surface area contributed by atoms with Gasteiger partial charge < -0.3 is 99.8 Å². The largest absolute Gasteiger partial charge is 1.00 e. The summed E-state index contributed by atoms with van der Waals surface area (Å²) in [6, 6.07) is 51.8. The number of nitrogens with one attached hydrogen (secondary N) is 1. The third kappa shape index (κ3) is 29.6. The molecule has 0 saturated heterocycles. The van der Waals surface area contributed by atoms with Gasteiger partial charge in [-0.3, -0.25) is 34.0 Å². The van der Waals surface area contributed by atoms with E-state index in [9.17, 15) is 44.1 Å². The second kappa shape index (κ2) is 50.2. The van der Waals surface area contributed by atoms with Crippen molar-refractivity contribution in [1.29, 1.82) is 0 Å². The first-order valence-electron chi connectivity index (χ1n) is 37.1. The van der Waals surface area contributed by atoms with Crippen LogP contribution in [0.1, 0.15) is 106 Å². The molecule has 6 atom stereocenters. The van der Waals surface area contributed by atoms with Crippen LogP contribution >= 0.6 is 0 Å². The number of hydrogen-bond donors (Lipinski definition) is 3. The van der Waals surface area contributed by atoms with E-state index in [1.165, 1.54) is 47.3 Å². The van der Waals surface area contributed by atoms with Gasteiger partial charge in [0.25, 0.3) is 6.47 Å². The number of esters is 3. The van der Waals surface area contributed by atoms with Crippen LogP contribution in [0.2, 0.25) is 0 Å². The van der Waals surface area contributed by atoms with Crippen molar-refractivity contribution in [2.75, 3.05) is 77.1 Å². The van der Waals surface area contributed by atoms with Crippen LogP contribution in [0.5, 0.6) is 34.5 Å². The van der Waals surface area contributed by atoms with E-state index >= 15 is 0 Å². The maximum atomic E-state index is 14.5. The molecule has 119 heavy (non-hydrogen) atoms. The second-order valence-electron chi connectivity index (χ2n) is 27.6. The van der Waals surface area contributed by atoms with Crippen LogP contribution in [0, 0.1) is 0 Å². The predicted molar refractivity (Wildman–Crippen MR) is 432 cm³/mol. The fraction of sp³-hybridized carbons (Fsp3) is 0.352. The van der Waals surface area contributed by atoms with Crippen molar-refractivity contribution < 1.29 is 172 Å². The van der Waals surface area contributed by atoms with Crippen molar-refractivity contribution in [2.24, 2.45) is 15.7 Å². The number of aliphatic imine (C=N–C) groups is 2. The maximum Gasteiger partial charge on any atom is 1.00 e. The van der Waals surface area contributed by atoms with Gasteiger partial charge in [-0.15, -0.1) is 0 Å². The Morgan fingerprint density at radius 3 is 1.24 bits per heavy atom. The smallest absolute Gasteiger partial charge is 1.00 e. The molecule has 10 rings (SSSR count). The number of aliphatic carboxylic acids is 1. The van der Waals surface area contributed by atoms with Crippen LogP contribution in [0.15, 0.2) is 192 Å². The molecule has 0 heterocycles. The molecule has 31 heteroatoms. The number of rotatable bonds is 30. The van der Waals surface area contributed by atoms with Gasteiger partial charge in [0.05, 0.1) is 63.4 Å². The van der Waals surface area contributed by atoms with Gasteiger partial charge in [-0.1, -0.05) is 127 Å². The number of ether oxygens (including phenoxy) is 11. The summed E-state index contributed by atoms with van der Waals surface area (Å²) < 4.78 is 57.8. The van der Waals surface area contributed by atoms with E-state index < -0.39 is 71.7 Å². The third-order valence-corrected chi connectivity index (χ3v) is 18.8. The van der Waals surface area contributed by atoms with E-state index in [4.69, 9.17) is 58.4 Å². The Bertz CT molecular complexity index is 4580. The van der Waals surface area contributed by atoms with Crippen molar-refractivity contribution in [1.82, 2.24) is 15.1 Å². The quantitative estimate of drug-likeness (QED) is 0.00850. The molecule has 0 bridgehead atoms. The zero-order chi connectivity index (χ0) is 86.1. The van der Waals surface area contributed by atoms with E-state index in [0.29, 0.717) is 35.1 Å². The normalized spacial score (nSPS) is 13.1. The van der Waals surface area contributed by atoms with Gasteiger partial charge in [0, 0.05) is 74.7 Å². The van der Waals surface area contributed by atoms with Crippen molar-refractivity contribution in [2.45, 2.75) is 128 Å². The number of nitrogens with zero attached hydrogens (tertiary/aromatic N) is 4. The summed E-state index contributed by atoms with van der Waals surface area (Å²) in [6.45, 7) is 12.6. The first-order chi connectivity index (χ1) is 55.9. The molecule has 0 unspecified atom stereocenters. The first kappa shape index (κ1) is 101. The van der Waals surface area contributed by atoms with Gasteiger partial charge in [-0.25, -0.2) is 9.59 Å². The van der Waals surface area contributed by atoms with Crippen LogP contribution in [0.25, 0.3) is 22.3 Å². The summed E-state index contributed by atoms with van der Waals surface area (Å²) in [5, 5.41) is 47.3. The number of methoxy groups -OCH3 is 8. The van der Waals surface area contributed by atoms with Crippen LogP contribution in [-0.4, -0.2) is 188 Å². The Morgan fingerprint density at radius 1 is 0.521 bits per heavy atom. The Kier molecular flexibility index (Phi) is 42.5. The van der Waals surface area contributed by atoms with E-state index in [2.05, 4.69) is 41.8 Å². The SMILES string of the molecule is COC(=O)[C@H](C)N.COC(=O)[C@H](C)N(Cc1ccc(OC)cc1OC)C(=O)[C@@H](Cc1ccc(OC(C)(C)C)cc1)N=C([O-])OCC1c2ccccc2-c2ccccc21.COC(=O)[C@H](C)NCc1ccc(OC)cc1OC.COc1ccc(C[C@H](N=C([O-])OCC2c3ccccc3-c3ccccc32)C(=O)N(C)[C@@H](C)C(=O)O)cc1.O=CO[O-].[H-].[Na+].[Na+]. The number of amides is 2. The number of nitrogens with two attached hydrogens (primary N) is 1. The topological polar surface area (TPSA) is 389 Å². The average molecular weight is 1660 g/mol. The second-order valence-corrected chi connectivity index (χ2v) is 27.6. The Morgan fingerprint density at radius 2 is 0.891 bits per heavy atom. The number of carboxylic acid groups (broad SMARTS) is 1. The number of carboxylic acids is 1. The van der Waals surface area contributed by atoms with Gasteiger partial charge in [-0.2, -0.15) is 0 Å². The number of hydrogen-bond acceptors (Lipinski definition) is 26. The Labute approximate surface area is 740 Å². The molecule has 0 aliphatic heterocycles. The standard InChI is InChI=1S/C41H46N2O8.C29H30N2O6.C13H19NO4.C4H9NO2.CH2O3.2Na.H/c1-26(39(45)49-7)43(24-28-18-21-30(47-5)23-37(28)48-6)38(44)36(22-27-16-19-29(20-17-27)51-41(2,3)4)42-40(46)50-25-35-33-14-10-8-12-31(33)32-13-9-11-15-34(32)35;1-18(28(33)34)31(2)27(32)26(16-19-12-14-20(36-3)15-13-19)30-29(35)37-17-25-23-10-6-4-8-21(23)22-9-5-7-11-24(22)25;1-9(13(15)18-4)14-8-10-5-6-11(16-2)7-12(10)17-3;1-3(5)4(6)7-2;2-1-4-3;;;/h8-21,23,26,35-36H,22,24-25H2,1-7H3,(H,42,46);4-15,18,25-26H,16-17H2,1-3H3,(H,30,35)(H,33,34);5-7,9,14H,8H2,1-4H3;3H,5H2,1-2H3;1,3H;;;/q;;;;;2*+1;-1/p-3/t26-,36+;18-,26-;9-;3-;;;;/m0000..../s1. The van der Waals surface area contributed by atoms with Crippen LogP contribution in [-0.2, 0) is 88.1 Å². The minimum absolute atomic E-state index is 0. The van der Waals surface area contributed by atoms with Crippen molar-refractivity contribution in [3.05, 3.63) is 226 Å². The molecule has 4 N–H and O–H groups in total. The fourth-order valence-corrected chi connectivity index (χ4v) is 12.5. The number of fused-ring (bicyclic) bond motifs is 6. The molecule has 0 spiro atoms. The zero-order valence-electron chi connectivity index (χ0n) is 71.6. The van der Waals surface area contributed by atoms with Gasteiger partial charge >= 0.3 is 83.0 Å². The minimum atomic E-state index is -1.23. The van der Waals surface area contributed by atoms with Crippen LogP contribution in [0.3, 0.4) is 0 Å². The fourth-order valence-electron chi connectivity index (χ4n) is 12.5. The summed E-state index contributed by atoms with van der Waals surface area (Å²) in [6.07, 6.45) is -1.59. The average Bonchev–Trinajstić information content (AvgIpc) is 1.63. The van der Waals surface area contributed by atoms with Gasteiger partial charge in [0.2, 0.25) is 11.8 Å². The predicted octanol–water partition coefficient (Wildman–Crippen LogP) is 2.43. The molecular formula is C88H104N6Na2O23-2. The summed E-state index contributed by atoms with van der Waals surface area (Å²) in [5.41, 5.74) is 16.4. The molecule has 8 aromatic rings. The van der Waals surface area contributed by atoms with Crippen molar-refractivity contribution in [3.63, 3.8) is 0 Å². The molecule has 628 valence electrons. The molecule has 0 fully saturated rings. The first-order valence-corrected chi connectivity index (χ1v) is 37.1. The Balaban J connectivity index is 0.000000468. The van der Waals surface area contributed by atoms with Gasteiger partial charge in [0.15, 0.2) is 0 Å². The molecule has 8 aromatic carbocycles. The maximum absolute atomic E-state index is 14.5. The summed E-state index contributed by atoms with van der Waals surface area (Å²) in [4.78, 5) is 95.6. The number of carbonyl (C=O) groups is 7. The molecule has 29 nitrogen and oxygen atoms in total. The van der Waals surface area contributed by atoms with Gasteiger partial charge in [0.1, 0.15) is 88.5 Å². The van der Waals surface area contributed by atoms with Crippen molar-refractivity contribution >= 4 is 54.3 Å². The number of carbonyl (C=O) groups excluding carboxylic acids is 6. The van der Waals surface area contributed by atoms with Gasteiger partial charge in [-0.05, 0) is 147 Å². The molecule has 0 saturated carbocycles. The van der Waals surface area contributed by atoms with Crippen LogP contribution in [0.4, 0.5) is 0 Å².